The number of hydrogen-bond acceptors (Lipinski definition) is 5. The summed E-state index contributed by atoms with van der Waals surface area (Å²) in [6.45, 7) is 1.97. The quantitative estimate of drug-likeness (QED) is 0.572. The predicted octanol–water partition coefficient (Wildman–Crippen LogP) is 3.55. The van der Waals surface area contributed by atoms with Gasteiger partial charge in [-0.25, -0.2) is 8.42 Å². The van der Waals surface area contributed by atoms with Gasteiger partial charge < -0.3 is 15.0 Å². The molecule has 186 valence electrons. The van der Waals surface area contributed by atoms with Crippen molar-refractivity contribution in [2.45, 2.75) is 17.7 Å². The van der Waals surface area contributed by atoms with Crippen molar-refractivity contribution < 1.29 is 22.7 Å². The van der Waals surface area contributed by atoms with Crippen molar-refractivity contribution in [3.63, 3.8) is 0 Å². The normalized spacial score (nSPS) is 16.3. The van der Waals surface area contributed by atoms with E-state index in [2.05, 4.69) is 5.32 Å². The molecule has 3 aromatic carbocycles. The van der Waals surface area contributed by atoms with E-state index in [9.17, 15) is 18.0 Å². The monoisotopic (exact) mass is 505 g/mol. The minimum Gasteiger partial charge on any atom is -0.379 e. The number of nitrogens with zero attached hydrogens (tertiary/aromatic N) is 2. The molecule has 0 saturated carbocycles. The third-order valence-electron chi connectivity index (χ3n) is 6.45. The largest absolute Gasteiger partial charge is 0.379 e. The summed E-state index contributed by atoms with van der Waals surface area (Å²) in [7, 11) is -3.63. The van der Waals surface area contributed by atoms with Crippen LogP contribution in [-0.2, 0) is 21.2 Å². The molecule has 1 saturated heterocycles. The first-order valence-electron chi connectivity index (χ1n) is 11.9. The van der Waals surface area contributed by atoms with Gasteiger partial charge in [0.15, 0.2) is 0 Å². The average Bonchev–Trinajstić information content (AvgIpc) is 2.93. The van der Waals surface area contributed by atoms with E-state index in [4.69, 9.17) is 4.74 Å². The number of nitrogens with one attached hydrogen (secondary N) is 1. The minimum atomic E-state index is -3.63. The van der Waals surface area contributed by atoms with Crippen molar-refractivity contribution in [1.29, 1.82) is 0 Å². The van der Waals surface area contributed by atoms with Crippen LogP contribution in [0.15, 0.2) is 77.7 Å². The zero-order valence-corrected chi connectivity index (χ0v) is 20.5. The van der Waals surface area contributed by atoms with E-state index >= 15 is 0 Å². The maximum Gasteiger partial charge on any atom is 0.258 e. The van der Waals surface area contributed by atoms with E-state index < -0.39 is 10.0 Å². The van der Waals surface area contributed by atoms with Crippen molar-refractivity contribution in [2.24, 2.45) is 0 Å². The molecule has 0 aromatic heterocycles. The fraction of sp³-hybridized carbons (Fsp3) is 0.259. The number of rotatable bonds is 5. The van der Waals surface area contributed by atoms with E-state index in [1.165, 1.54) is 28.6 Å². The lowest BCUT2D eigenvalue weighted by Crippen LogP contribution is -2.40. The summed E-state index contributed by atoms with van der Waals surface area (Å²) in [5.74, 6) is -0.431. The van der Waals surface area contributed by atoms with Crippen LogP contribution in [0.25, 0.3) is 0 Å². The van der Waals surface area contributed by atoms with Crippen LogP contribution in [0.4, 0.5) is 11.4 Å². The standard InChI is InChI=1S/C27H27N3O5S/c31-26(21-9-12-24(13-10-21)36(33,34)29-15-17-35-18-16-29)28-23-11-8-20-7-4-14-30(25(20)19-23)27(32)22-5-2-1-3-6-22/h1-3,5-6,8-13,19H,4,7,14-18H2,(H,28,31). The van der Waals surface area contributed by atoms with Crippen LogP contribution >= 0.6 is 0 Å². The van der Waals surface area contributed by atoms with Gasteiger partial charge in [-0.05, 0) is 66.9 Å². The smallest absolute Gasteiger partial charge is 0.258 e. The van der Waals surface area contributed by atoms with Gasteiger partial charge in [0.1, 0.15) is 0 Å². The molecular weight excluding hydrogens is 478 g/mol. The Balaban J connectivity index is 1.32. The number of sulfonamides is 1. The molecule has 0 spiro atoms. The summed E-state index contributed by atoms with van der Waals surface area (Å²) in [6.07, 6.45) is 1.73. The number of fused-ring (bicyclic) bond motifs is 1. The molecule has 0 unspecified atom stereocenters. The average molecular weight is 506 g/mol. The van der Waals surface area contributed by atoms with E-state index in [-0.39, 0.29) is 16.7 Å². The number of amides is 2. The third-order valence-corrected chi connectivity index (χ3v) is 8.36. The summed E-state index contributed by atoms with van der Waals surface area (Å²) in [6, 6.07) is 20.6. The molecule has 1 N–H and O–H groups in total. The van der Waals surface area contributed by atoms with E-state index in [0.29, 0.717) is 49.7 Å². The van der Waals surface area contributed by atoms with Crippen LogP contribution in [0.2, 0.25) is 0 Å². The molecule has 2 aliphatic heterocycles. The molecule has 0 atom stereocenters. The van der Waals surface area contributed by atoms with E-state index in [0.717, 1.165) is 24.1 Å². The van der Waals surface area contributed by atoms with Gasteiger partial charge in [0.25, 0.3) is 11.8 Å². The molecule has 0 bridgehead atoms. The second-order valence-corrected chi connectivity index (χ2v) is 10.7. The highest BCUT2D eigenvalue weighted by Gasteiger charge is 2.27. The number of anilines is 2. The number of carbonyl (C=O) groups excluding carboxylic acids is 2. The number of benzene rings is 3. The van der Waals surface area contributed by atoms with Crippen molar-refractivity contribution in [3.8, 4) is 0 Å². The number of morpholine rings is 1. The number of hydrogen-bond donors (Lipinski definition) is 1. The molecule has 36 heavy (non-hydrogen) atoms. The van der Waals surface area contributed by atoms with Crippen molar-refractivity contribution >= 4 is 33.2 Å². The Morgan fingerprint density at radius 2 is 1.56 bits per heavy atom. The van der Waals surface area contributed by atoms with Gasteiger partial charge in [0.2, 0.25) is 10.0 Å². The zero-order chi connectivity index (χ0) is 25.1. The Hall–Kier alpha value is -3.53. The molecule has 0 aliphatic carbocycles. The van der Waals surface area contributed by atoms with Crippen LogP contribution in [0.5, 0.6) is 0 Å². The maximum absolute atomic E-state index is 13.1. The van der Waals surface area contributed by atoms with Gasteiger partial charge in [-0.3, -0.25) is 9.59 Å². The molecule has 2 amide bonds. The number of ether oxygens (including phenoxy) is 1. The first-order chi connectivity index (χ1) is 17.4. The Bertz CT molecular complexity index is 1370. The van der Waals surface area contributed by atoms with Gasteiger partial charge in [0, 0.05) is 42.1 Å². The second kappa shape index (κ2) is 10.2. The lowest BCUT2D eigenvalue weighted by molar-refractivity contribution is 0.0730. The van der Waals surface area contributed by atoms with E-state index in [1.807, 2.05) is 36.4 Å². The molecule has 8 nitrogen and oxygen atoms in total. The first kappa shape index (κ1) is 24.2. The fourth-order valence-electron chi connectivity index (χ4n) is 4.52. The third kappa shape index (κ3) is 4.90. The predicted molar refractivity (Wildman–Crippen MR) is 137 cm³/mol. The van der Waals surface area contributed by atoms with Gasteiger partial charge in [-0.2, -0.15) is 4.31 Å². The Kier molecular flexibility index (Phi) is 6.86. The van der Waals surface area contributed by atoms with Crippen LogP contribution in [0, 0.1) is 0 Å². The Morgan fingerprint density at radius 1 is 0.833 bits per heavy atom. The Labute approximate surface area is 210 Å². The second-order valence-electron chi connectivity index (χ2n) is 8.76. The van der Waals surface area contributed by atoms with Gasteiger partial charge in [-0.15, -0.1) is 0 Å². The first-order valence-corrected chi connectivity index (χ1v) is 13.4. The van der Waals surface area contributed by atoms with Crippen LogP contribution in [0.3, 0.4) is 0 Å². The van der Waals surface area contributed by atoms with Crippen LogP contribution in [0.1, 0.15) is 32.7 Å². The number of aryl methyl sites for hydroxylation is 1. The highest BCUT2D eigenvalue weighted by Crippen LogP contribution is 2.31. The molecule has 3 aromatic rings. The summed E-state index contributed by atoms with van der Waals surface area (Å²) < 4.78 is 32.3. The molecule has 1 fully saturated rings. The lowest BCUT2D eigenvalue weighted by Gasteiger charge is -2.30. The summed E-state index contributed by atoms with van der Waals surface area (Å²) in [5.41, 5.74) is 3.37. The van der Waals surface area contributed by atoms with Gasteiger partial charge in [0.05, 0.1) is 18.1 Å². The van der Waals surface area contributed by atoms with Crippen molar-refractivity contribution in [1.82, 2.24) is 4.31 Å². The topological polar surface area (TPSA) is 96.0 Å². The minimum absolute atomic E-state index is 0.0721. The fourth-order valence-corrected chi connectivity index (χ4v) is 5.93. The summed E-state index contributed by atoms with van der Waals surface area (Å²) in [4.78, 5) is 27.9. The highest BCUT2D eigenvalue weighted by atomic mass is 32.2. The van der Waals surface area contributed by atoms with Crippen molar-refractivity contribution in [2.75, 3.05) is 43.1 Å². The Morgan fingerprint density at radius 3 is 2.28 bits per heavy atom. The van der Waals surface area contributed by atoms with Gasteiger partial charge >= 0.3 is 0 Å². The highest BCUT2D eigenvalue weighted by molar-refractivity contribution is 7.89. The van der Waals surface area contributed by atoms with Crippen molar-refractivity contribution in [3.05, 3.63) is 89.5 Å². The molecular formula is C27H27N3O5S. The molecule has 0 radical (unpaired) electrons. The van der Waals surface area contributed by atoms with Crippen LogP contribution in [-0.4, -0.2) is 57.4 Å². The molecule has 9 heteroatoms. The molecule has 5 rings (SSSR count). The summed E-state index contributed by atoms with van der Waals surface area (Å²) >= 11 is 0. The van der Waals surface area contributed by atoms with Gasteiger partial charge in [-0.1, -0.05) is 24.3 Å². The summed E-state index contributed by atoms with van der Waals surface area (Å²) in [5, 5.41) is 2.88. The van der Waals surface area contributed by atoms with Crippen LogP contribution < -0.4 is 10.2 Å². The zero-order valence-electron chi connectivity index (χ0n) is 19.7. The molecule has 2 heterocycles. The molecule has 2 aliphatic rings. The number of carbonyl (C=O) groups is 2. The SMILES string of the molecule is O=C(Nc1ccc2c(c1)N(C(=O)c1ccccc1)CCC2)c1ccc(S(=O)(=O)N2CCOCC2)cc1. The maximum atomic E-state index is 13.1. The van der Waals surface area contributed by atoms with E-state index in [1.54, 1.807) is 17.0 Å². The lowest BCUT2D eigenvalue weighted by atomic mass is 10.00.